The maximum absolute atomic E-state index is 14.0. The molecule has 0 aliphatic rings. The van der Waals surface area contributed by atoms with E-state index >= 15 is 0 Å². The minimum Gasteiger partial charge on any atom is -0.328 e. The fourth-order valence-electron chi connectivity index (χ4n) is 1.32. The number of hydrogen-bond donors (Lipinski definition) is 1. The van der Waals surface area contributed by atoms with Crippen molar-refractivity contribution in [2.24, 2.45) is 5.73 Å². The van der Waals surface area contributed by atoms with Crippen LogP contribution < -0.4 is 5.73 Å². The molecule has 3 heteroatoms. The maximum Gasteiger partial charge on any atom is 0.127 e. The summed E-state index contributed by atoms with van der Waals surface area (Å²) in [7, 11) is 0. The molecule has 1 aromatic rings. The van der Waals surface area contributed by atoms with Gasteiger partial charge in [-0.2, -0.15) is 0 Å². The molecule has 0 aliphatic heterocycles. The van der Waals surface area contributed by atoms with Gasteiger partial charge in [-0.3, -0.25) is 0 Å². The predicted molar refractivity (Wildman–Crippen MR) is 61.0 cm³/mol. The molecule has 0 aromatic heterocycles. The Bertz CT molecular complexity index is 297. The van der Waals surface area contributed by atoms with Gasteiger partial charge in [-0.15, -0.1) is 0 Å². The quantitative estimate of drug-likeness (QED) is 0.884. The highest BCUT2D eigenvalue weighted by atomic mass is 79.9. The van der Waals surface area contributed by atoms with Crippen LogP contribution >= 0.6 is 15.9 Å². The molecular weight excluding hydrogens is 245 g/mol. The van der Waals surface area contributed by atoms with Crippen LogP contribution in [0.25, 0.3) is 0 Å². The average molecular weight is 260 g/mol. The molecule has 14 heavy (non-hydrogen) atoms. The Balaban J connectivity index is 2.82. The minimum atomic E-state index is -1.27. The second-order valence-electron chi connectivity index (χ2n) is 3.48. The third-order valence-corrected chi connectivity index (χ3v) is 3.24. The highest BCUT2D eigenvalue weighted by Crippen LogP contribution is 2.25. The van der Waals surface area contributed by atoms with E-state index in [0.717, 1.165) is 10.0 Å². The monoisotopic (exact) mass is 259 g/mol. The van der Waals surface area contributed by atoms with Crippen LogP contribution in [0.3, 0.4) is 0 Å². The summed E-state index contributed by atoms with van der Waals surface area (Å²) in [6.07, 6.45) is 0.826. The van der Waals surface area contributed by atoms with Crippen LogP contribution in [0.2, 0.25) is 0 Å². The van der Waals surface area contributed by atoms with Gasteiger partial charge in [-0.1, -0.05) is 41.1 Å². The van der Waals surface area contributed by atoms with Gasteiger partial charge in [0.25, 0.3) is 0 Å². The Labute approximate surface area is 92.6 Å². The molecule has 1 atom stereocenters. The first-order valence-electron chi connectivity index (χ1n) is 4.73. The predicted octanol–water partition coefficient (Wildman–Crippen LogP) is 3.07. The van der Waals surface area contributed by atoms with Gasteiger partial charge >= 0.3 is 0 Å². The number of benzene rings is 1. The molecule has 78 valence electrons. The van der Waals surface area contributed by atoms with Crippen molar-refractivity contribution in [1.82, 2.24) is 0 Å². The zero-order valence-corrected chi connectivity index (χ0v) is 9.85. The lowest BCUT2D eigenvalue weighted by atomic mass is 9.94. The highest BCUT2D eigenvalue weighted by Gasteiger charge is 2.26. The summed E-state index contributed by atoms with van der Waals surface area (Å²) in [6.45, 7) is 1.90. The lowest BCUT2D eigenvalue weighted by molar-refractivity contribution is 0.167. The van der Waals surface area contributed by atoms with E-state index in [9.17, 15) is 4.39 Å². The maximum atomic E-state index is 14.0. The summed E-state index contributed by atoms with van der Waals surface area (Å²) in [4.78, 5) is 0. The Kier molecular flexibility index (Phi) is 4.08. The largest absolute Gasteiger partial charge is 0.328 e. The van der Waals surface area contributed by atoms with E-state index in [1.54, 1.807) is 0 Å². The molecule has 0 saturated heterocycles. The van der Waals surface area contributed by atoms with Gasteiger partial charge < -0.3 is 5.73 Å². The van der Waals surface area contributed by atoms with Gasteiger partial charge in [0.1, 0.15) is 5.67 Å². The topological polar surface area (TPSA) is 26.0 Å². The normalized spacial score (nSPS) is 15.1. The van der Waals surface area contributed by atoms with Crippen molar-refractivity contribution >= 4 is 15.9 Å². The SMILES string of the molecule is CCC(F)(CN)Cc1ccccc1Br. The molecule has 0 amide bonds. The van der Waals surface area contributed by atoms with Gasteiger partial charge in [0.05, 0.1) is 0 Å². The molecule has 1 nitrogen and oxygen atoms in total. The van der Waals surface area contributed by atoms with E-state index in [2.05, 4.69) is 15.9 Å². The van der Waals surface area contributed by atoms with E-state index in [0.29, 0.717) is 12.8 Å². The molecule has 0 bridgehead atoms. The molecule has 1 rings (SSSR count). The van der Waals surface area contributed by atoms with Gasteiger partial charge in [0.15, 0.2) is 0 Å². The molecular formula is C11H15BrFN. The van der Waals surface area contributed by atoms with Crippen molar-refractivity contribution in [2.45, 2.75) is 25.4 Å². The van der Waals surface area contributed by atoms with Crippen molar-refractivity contribution in [3.05, 3.63) is 34.3 Å². The molecule has 0 saturated carbocycles. The van der Waals surface area contributed by atoms with Crippen molar-refractivity contribution < 1.29 is 4.39 Å². The number of rotatable bonds is 4. The Morgan fingerprint density at radius 1 is 1.43 bits per heavy atom. The van der Waals surface area contributed by atoms with Crippen LogP contribution in [0.1, 0.15) is 18.9 Å². The summed E-state index contributed by atoms with van der Waals surface area (Å²) in [5, 5.41) is 0. The number of hydrogen-bond acceptors (Lipinski definition) is 1. The molecule has 2 N–H and O–H groups in total. The summed E-state index contributed by atoms with van der Waals surface area (Å²) in [5.74, 6) is 0. The molecule has 0 radical (unpaired) electrons. The Morgan fingerprint density at radius 2 is 2.07 bits per heavy atom. The first-order chi connectivity index (χ1) is 6.61. The second-order valence-corrected chi connectivity index (χ2v) is 4.33. The van der Waals surface area contributed by atoms with Crippen LogP contribution in [-0.2, 0) is 6.42 Å². The van der Waals surface area contributed by atoms with E-state index in [-0.39, 0.29) is 6.54 Å². The van der Waals surface area contributed by atoms with Gasteiger partial charge in [-0.25, -0.2) is 4.39 Å². The summed E-state index contributed by atoms with van der Waals surface area (Å²) >= 11 is 3.40. The van der Waals surface area contributed by atoms with Crippen LogP contribution in [0, 0.1) is 0 Å². The van der Waals surface area contributed by atoms with Crippen LogP contribution in [-0.4, -0.2) is 12.2 Å². The second kappa shape index (κ2) is 4.89. The van der Waals surface area contributed by atoms with Crippen molar-refractivity contribution in [1.29, 1.82) is 0 Å². The van der Waals surface area contributed by atoms with E-state index in [4.69, 9.17) is 5.73 Å². The van der Waals surface area contributed by atoms with Gasteiger partial charge in [-0.05, 0) is 18.1 Å². The van der Waals surface area contributed by atoms with Crippen LogP contribution in [0.5, 0.6) is 0 Å². The fraction of sp³-hybridized carbons (Fsp3) is 0.455. The lowest BCUT2D eigenvalue weighted by Gasteiger charge is -2.22. The number of alkyl halides is 1. The summed E-state index contributed by atoms with van der Waals surface area (Å²) < 4.78 is 14.9. The number of nitrogens with two attached hydrogens (primary N) is 1. The molecule has 0 aliphatic carbocycles. The Morgan fingerprint density at radius 3 is 2.57 bits per heavy atom. The van der Waals surface area contributed by atoms with Crippen molar-refractivity contribution in [2.75, 3.05) is 6.54 Å². The Hall–Kier alpha value is -0.410. The van der Waals surface area contributed by atoms with Gasteiger partial charge in [0, 0.05) is 17.4 Å². The van der Waals surface area contributed by atoms with E-state index in [1.165, 1.54) is 0 Å². The molecule has 0 fully saturated rings. The smallest absolute Gasteiger partial charge is 0.127 e. The highest BCUT2D eigenvalue weighted by molar-refractivity contribution is 9.10. The number of halogens is 2. The van der Waals surface area contributed by atoms with E-state index < -0.39 is 5.67 Å². The van der Waals surface area contributed by atoms with Crippen molar-refractivity contribution in [3.8, 4) is 0 Å². The third kappa shape index (κ3) is 2.79. The zero-order valence-electron chi connectivity index (χ0n) is 8.26. The molecule has 0 spiro atoms. The zero-order chi connectivity index (χ0) is 10.6. The molecule has 1 aromatic carbocycles. The summed E-state index contributed by atoms with van der Waals surface area (Å²) in [5.41, 5.74) is 5.13. The molecule has 1 unspecified atom stereocenters. The minimum absolute atomic E-state index is 0.0742. The summed E-state index contributed by atoms with van der Waals surface area (Å²) in [6, 6.07) is 7.67. The fourth-order valence-corrected chi connectivity index (χ4v) is 1.75. The van der Waals surface area contributed by atoms with Crippen molar-refractivity contribution in [3.63, 3.8) is 0 Å². The standard InChI is InChI=1S/C11H15BrFN/c1-2-11(13,8-14)7-9-5-3-4-6-10(9)12/h3-6H,2,7-8,14H2,1H3. The average Bonchev–Trinajstić information content (AvgIpc) is 2.21. The van der Waals surface area contributed by atoms with E-state index in [1.807, 2.05) is 31.2 Å². The first kappa shape index (κ1) is 11.7. The molecule has 0 heterocycles. The third-order valence-electron chi connectivity index (χ3n) is 2.46. The van der Waals surface area contributed by atoms with Crippen LogP contribution in [0.15, 0.2) is 28.7 Å². The van der Waals surface area contributed by atoms with Gasteiger partial charge in [0.2, 0.25) is 0 Å². The lowest BCUT2D eigenvalue weighted by Crippen LogP contribution is -2.34. The van der Waals surface area contributed by atoms with Crippen LogP contribution in [0.4, 0.5) is 4.39 Å². The first-order valence-corrected chi connectivity index (χ1v) is 5.53.